The van der Waals surface area contributed by atoms with Gasteiger partial charge in [0, 0.05) is 12.1 Å². The number of hydrogen-bond donors (Lipinski definition) is 1. The average molecular weight is 436 g/mol. The van der Waals surface area contributed by atoms with E-state index in [-0.39, 0.29) is 11.5 Å². The van der Waals surface area contributed by atoms with Crippen molar-refractivity contribution in [3.63, 3.8) is 0 Å². The fourth-order valence-corrected chi connectivity index (χ4v) is 3.96. The highest BCUT2D eigenvalue weighted by Gasteiger charge is 2.21. The number of para-hydroxylation sites is 1. The number of ether oxygens (including phenoxy) is 1. The highest BCUT2D eigenvalue weighted by Crippen LogP contribution is 2.27. The number of rotatable bonds is 6. The molecule has 0 spiro atoms. The molecule has 0 saturated carbocycles. The van der Waals surface area contributed by atoms with E-state index in [2.05, 4.69) is 15.5 Å². The lowest BCUT2D eigenvalue weighted by molar-refractivity contribution is -0.115. The summed E-state index contributed by atoms with van der Waals surface area (Å²) in [4.78, 5) is 30.7. The summed E-state index contributed by atoms with van der Waals surface area (Å²) in [6.07, 6.45) is 0. The summed E-state index contributed by atoms with van der Waals surface area (Å²) in [7, 11) is 1.56. The minimum absolute atomic E-state index is 0.221. The van der Waals surface area contributed by atoms with E-state index in [1.54, 1.807) is 69.5 Å². The van der Waals surface area contributed by atoms with Gasteiger partial charge in [-0.3, -0.25) is 14.2 Å². The molecule has 9 heteroatoms. The summed E-state index contributed by atoms with van der Waals surface area (Å²) in [6, 6.07) is 15.9. The number of nitrogens with one attached hydrogen (secondary N) is 1. The number of amides is 1. The lowest BCUT2D eigenvalue weighted by Gasteiger charge is -2.16. The number of aryl methyl sites for hydroxylation is 1. The van der Waals surface area contributed by atoms with Crippen LogP contribution in [-0.2, 0) is 4.79 Å². The van der Waals surface area contributed by atoms with Crippen LogP contribution in [0.1, 0.15) is 12.7 Å². The van der Waals surface area contributed by atoms with Crippen LogP contribution in [0.2, 0.25) is 0 Å². The van der Waals surface area contributed by atoms with Gasteiger partial charge in [0.15, 0.2) is 11.0 Å². The Labute approximate surface area is 182 Å². The van der Waals surface area contributed by atoms with Crippen LogP contribution in [0.15, 0.2) is 69.1 Å². The Balaban J connectivity index is 1.75. The quantitative estimate of drug-likeness (QED) is 0.362. The molecular formula is C22H20N4O4S. The van der Waals surface area contributed by atoms with Gasteiger partial charge < -0.3 is 14.6 Å². The average Bonchev–Trinajstić information content (AvgIpc) is 3.18. The first kappa shape index (κ1) is 20.7. The van der Waals surface area contributed by atoms with Crippen LogP contribution >= 0.6 is 11.8 Å². The number of fused-ring (bicyclic) bond motifs is 1. The van der Waals surface area contributed by atoms with E-state index in [0.717, 1.165) is 0 Å². The maximum absolute atomic E-state index is 13.3. The van der Waals surface area contributed by atoms with Gasteiger partial charge in [-0.1, -0.05) is 35.1 Å². The van der Waals surface area contributed by atoms with Crippen molar-refractivity contribution in [1.82, 2.24) is 14.7 Å². The molecule has 1 unspecified atom stereocenters. The summed E-state index contributed by atoms with van der Waals surface area (Å²) in [5, 5.41) is 6.83. The van der Waals surface area contributed by atoms with Gasteiger partial charge in [0.25, 0.3) is 5.56 Å². The molecule has 4 aromatic rings. The third-order valence-corrected chi connectivity index (χ3v) is 5.64. The smallest absolute Gasteiger partial charge is 0.266 e. The fourth-order valence-electron chi connectivity index (χ4n) is 3.03. The number of hydrogen-bond acceptors (Lipinski definition) is 7. The second-order valence-corrected chi connectivity index (χ2v) is 8.13. The van der Waals surface area contributed by atoms with E-state index >= 15 is 0 Å². The molecule has 0 fully saturated rings. The van der Waals surface area contributed by atoms with Crippen molar-refractivity contribution < 1.29 is 14.1 Å². The molecular weight excluding hydrogens is 416 g/mol. The van der Waals surface area contributed by atoms with Gasteiger partial charge in [-0.2, -0.15) is 0 Å². The Kier molecular flexibility index (Phi) is 5.77. The standard InChI is InChI=1S/C22H20N4O4S/c1-13-11-19(25-30-13)24-20(27)14(2)31-22-23-18-10-5-4-9-17(18)21(28)26(22)15-7-6-8-16(12-15)29-3/h4-12,14H,1-3H3,(H,24,25,27). The molecule has 1 amide bonds. The maximum Gasteiger partial charge on any atom is 0.266 e. The first-order valence-electron chi connectivity index (χ1n) is 9.53. The Bertz CT molecular complexity index is 1310. The summed E-state index contributed by atoms with van der Waals surface area (Å²) in [6.45, 7) is 3.48. The maximum atomic E-state index is 13.3. The number of carbonyl (C=O) groups excluding carboxylic acids is 1. The molecule has 0 aliphatic carbocycles. The summed E-state index contributed by atoms with van der Waals surface area (Å²) < 4.78 is 11.8. The number of carbonyl (C=O) groups is 1. The van der Waals surface area contributed by atoms with E-state index in [1.165, 1.54) is 16.3 Å². The van der Waals surface area contributed by atoms with Crippen molar-refractivity contribution in [3.8, 4) is 11.4 Å². The molecule has 2 heterocycles. The molecule has 0 bridgehead atoms. The Hall–Kier alpha value is -3.59. The summed E-state index contributed by atoms with van der Waals surface area (Å²) >= 11 is 1.18. The summed E-state index contributed by atoms with van der Waals surface area (Å²) in [5.41, 5.74) is 0.944. The topological polar surface area (TPSA) is 99.2 Å². The van der Waals surface area contributed by atoms with Crippen LogP contribution in [0.3, 0.4) is 0 Å². The normalized spacial score (nSPS) is 12.0. The molecule has 1 atom stereocenters. The monoisotopic (exact) mass is 436 g/mol. The zero-order chi connectivity index (χ0) is 22.0. The highest BCUT2D eigenvalue weighted by molar-refractivity contribution is 8.00. The molecule has 158 valence electrons. The summed E-state index contributed by atoms with van der Waals surface area (Å²) in [5.74, 6) is 1.27. The van der Waals surface area contributed by atoms with Gasteiger partial charge in [-0.05, 0) is 38.1 Å². The zero-order valence-corrected chi connectivity index (χ0v) is 18.0. The van der Waals surface area contributed by atoms with E-state index in [9.17, 15) is 9.59 Å². The minimum atomic E-state index is -0.554. The molecule has 0 radical (unpaired) electrons. The lowest BCUT2D eigenvalue weighted by atomic mass is 10.2. The van der Waals surface area contributed by atoms with E-state index in [0.29, 0.717) is 39.1 Å². The van der Waals surface area contributed by atoms with Crippen molar-refractivity contribution in [1.29, 1.82) is 0 Å². The number of methoxy groups -OCH3 is 1. The van der Waals surface area contributed by atoms with Gasteiger partial charge in [-0.15, -0.1) is 0 Å². The Morgan fingerprint density at radius 3 is 2.74 bits per heavy atom. The van der Waals surface area contributed by atoms with Gasteiger partial charge in [0.05, 0.1) is 29.0 Å². The van der Waals surface area contributed by atoms with Crippen LogP contribution in [-0.4, -0.2) is 33.0 Å². The van der Waals surface area contributed by atoms with Crippen molar-refractivity contribution in [3.05, 3.63) is 70.7 Å². The molecule has 0 aliphatic rings. The third kappa shape index (κ3) is 4.31. The first-order valence-corrected chi connectivity index (χ1v) is 10.4. The third-order valence-electron chi connectivity index (χ3n) is 4.59. The van der Waals surface area contributed by atoms with Crippen molar-refractivity contribution >= 4 is 34.4 Å². The van der Waals surface area contributed by atoms with Crippen molar-refractivity contribution in [2.45, 2.75) is 24.3 Å². The fraction of sp³-hybridized carbons (Fsp3) is 0.182. The van der Waals surface area contributed by atoms with Gasteiger partial charge in [-0.25, -0.2) is 4.98 Å². The molecule has 1 N–H and O–H groups in total. The number of thioether (sulfide) groups is 1. The Morgan fingerprint density at radius 1 is 1.19 bits per heavy atom. The first-order chi connectivity index (χ1) is 15.0. The molecule has 2 aromatic carbocycles. The van der Waals surface area contributed by atoms with Crippen LogP contribution in [0.25, 0.3) is 16.6 Å². The van der Waals surface area contributed by atoms with E-state index in [4.69, 9.17) is 9.26 Å². The lowest BCUT2D eigenvalue weighted by Crippen LogP contribution is -2.26. The number of benzene rings is 2. The van der Waals surface area contributed by atoms with Crippen LogP contribution < -0.4 is 15.6 Å². The number of nitrogens with zero attached hydrogens (tertiary/aromatic N) is 3. The molecule has 8 nitrogen and oxygen atoms in total. The van der Waals surface area contributed by atoms with E-state index < -0.39 is 5.25 Å². The second-order valence-electron chi connectivity index (χ2n) is 6.83. The predicted octanol–water partition coefficient (Wildman–Crippen LogP) is 3.81. The van der Waals surface area contributed by atoms with Crippen LogP contribution in [0.4, 0.5) is 5.82 Å². The molecule has 0 saturated heterocycles. The second kappa shape index (κ2) is 8.65. The molecule has 0 aliphatic heterocycles. The molecule has 31 heavy (non-hydrogen) atoms. The van der Waals surface area contributed by atoms with Crippen LogP contribution in [0.5, 0.6) is 5.75 Å². The van der Waals surface area contributed by atoms with E-state index in [1.807, 2.05) is 6.07 Å². The minimum Gasteiger partial charge on any atom is -0.497 e. The van der Waals surface area contributed by atoms with Crippen molar-refractivity contribution in [2.75, 3.05) is 12.4 Å². The van der Waals surface area contributed by atoms with Gasteiger partial charge in [0.2, 0.25) is 5.91 Å². The van der Waals surface area contributed by atoms with Gasteiger partial charge in [0.1, 0.15) is 11.5 Å². The Morgan fingerprint density at radius 2 is 2.00 bits per heavy atom. The number of aromatic nitrogens is 3. The molecule has 4 rings (SSSR count). The highest BCUT2D eigenvalue weighted by atomic mass is 32.2. The largest absolute Gasteiger partial charge is 0.497 e. The predicted molar refractivity (Wildman–Crippen MR) is 119 cm³/mol. The van der Waals surface area contributed by atoms with Crippen molar-refractivity contribution in [2.24, 2.45) is 0 Å². The zero-order valence-electron chi connectivity index (χ0n) is 17.2. The molecule has 2 aromatic heterocycles. The number of anilines is 1. The van der Waals surface area contributed by atoms with Crippen LogP contribution in [0, 0.1) is 6.92 Å². The van der Waals surface area contributed by atoms with Gasteiger partial charge >= 0.3 is 0 Å². The SMILES string of the molecule is COc1cccc(-n2c(SC(C)C(=O)Nc3cc(C)on3)nc3ccccc3c2=O)c1.